The van der Waals surface area contributed by atoms with Gasteiger partial charge in [0.15, 0.2) is 0 Å². The van der Waals surface area contributed by atoms with Crippen molar-refractivity contribution in [3.63, 3.8) is 0 Å². The summed E-state index contributed by atoms with van der Waals surface area (Å²) in [5.74, 6) is 0. The van der Waals surface area contributed by atoms with Crippen molar-refractivity contribution in [2.24, 2.45) is 0 Å². The van der Waals surface area contributed by atoms with Gasteiger partial charge in [0.25, 0.3) is 0 Å². The van der Waals surface area contributed by atoms with Gasteiger partial charge in [0.2, 0.25) is 0 Å². The lowest BCUT2D eigenvalue weighted by atomic mass is 9.75. The second-order valence-corrected chi connectivity index (χ2v) is 13.2. The highest BCUT2D eigenvalue weighted by molar-refractivity contribution is 6.08. The number of pyridine rings is 1. The van der Waals surface area contributed by atoms with E-state index in [0.717, 1.165) is 39.3 Å². The average molecular weight is 615 g/mol. The fourth-order valence-electron chi connectivity index (χ4n) is 7.75. The van der Waals surface area contributed by atoms with Crippen LogP contribution in [0, 0.1) is 0 Å². The molecule has 48 heavy (non-hydrogen) atoms. The van der Waals surface area contributed by atoms with Gasteiger partial charge in [0.05, 0.1) is 22.6 Å². The molecule has 8 aromatic rings. The molecule has 228 valence electrons. The van der Waals surface area contributed by atoms with E-state index in [1.54, 1.807) is 0 Å². The van der Waals surface area contributed by atoms with Gasteiger partial charge in [-0.15, -0.1) is 0 Å². The lowest BCUT2D eigenvalue weighted by Crippen LogP contribution is -2.20. The number of rotatable bonds is 4. The van der Waals surface area contributed by atoms with Crippen molar-refractivity contribution in [3.8, 4) is 61.7 Å². The van der Waals surface area contributed by atoms with Crippen LogP contribution in [0.25, 0.3) is 72.6 Å². The maximum Gasteiger partial charge on any atom is 0.0788 e. The molecule has 1 aliphatic rings. The molecule has 2 nitrogen and oxygen atoms in total. The van der Waals surface area contributed by atoms with Gasteiger partial charge in [-0.3, -0.25) is 0 Å². The number of fused-ring (bicyclic) bond motifs is 7. The Morgan fingerprint density at radius 2 is 1.08 bits per heavy atom. The SMILES string of the molecule is CC1(C)c2ccccc2-c2c(n(-c3cccc(-c4nc(-c5ccccc5)ccc4-c4ccccc4)c3)c3ccccc23)-c2ccccc21. The molecular formula is C46H34N2. The smallest absolute Gasteiger partial charge is 0.0788 e. The summed E-state index contributed by atoms with van der Waals surface area (Å²) in [5, 5.41) is 1.26. The molecule has 2 heteroatoms. The maximum absolute atomic E-state index is 5.35. The zero-order valence-corrected chi connectivity index (χ0v) is 27.1. The summed E-state index contributed by atoms with van der Waals surface area (Å²) < 4.78 is 2.48. The standard InChI is InChI=1S/C46H34N2/c1-46(2)39-25-12-9-22-36(39)43-38-24-11-14-27-42(38)48(45(43)37-23-10-13-26-40(37)46)34-21-15-20-33(30-34)44-35(31-16-5-3-6-17-31)28-29-41(47-44)32-18-7-4-8-19-32/h3-30H,1-2H3. The van der Waals surface area contributed by atoms with Crippen LogP contribution in [0.1, 0.15) is 25.0 Å². The highest BCUT2D eigenvalue weighted by atomic mass is 15.0. The van der Waals surface area contributed by atoms with Crippen LogP contribution in [0.4, 0.5) is 0 Å². The van der Waals surface area contributed by atoms with E-state index in [0.29, 0.717) is 0 Å². The van der Waals surface area contributed by atoms with E-state index < -0.39 is 0 Å². The Balaban J connectivity index is 1.34. The molecule has 0 N–H and O–H groups in total. The zero-order chi connectivity index (χ0) is 32.2. The molecule has 2 heterocycles. The van der Waals surface area contributed by atoms with E-state index >= 15 is 0 Å². The first-order chi connectivity index (χ1) is 23.6. The monoisotopic (exact) mass is 614 g/mol. The molecule has 0 saturated carbocycles. The van der Waals surface area contributed by atoms with E-state index in [-0.39, 0.29) is 5.41 Å². The highest BCUT2D eigenvalue weighted by Gasteiger charge is 2.36. The van der Waals surface area contributed by atoms with Crippen LogP contribution in [0.5, 0.6) is 0 Å². The molecule has 0 bridgehead atoms. The largest absolute Gasteiger partial charge is 0.309 e. The minimum Gasteiger partial charge on any atom is -0.309 e. The van der Waals surface area contributed by atoms with Crippen molar-refractivity contribution in [2.45, 2.75) is 19.3 Å². The predicted octanol–water partition coefficient (Wildman–Crippen LogP) is 12.0. The highest BCUT2D eigenvalue weighted by Crippen LogP contribution is 2.52. The van der Waals surface area contributed by atoms with Gasteiger partial charge in [-0.05, 0) is 46.5 Å². The summed E-state index contributed by atoms with van der Waals surface area (Å²) >= 11 is 0. The van der Waals surface area contributed by atoms with Crippen LogP contribution in [-0.4, -0.2) is 9.55 Å². The van der Waals surface area contributed by atoms with Gasteiger partial charge in [0, 0.05) is 44.3 Å². The summed E-state index contributed by atoms with van der Waals surface area (Å²) in [6.45, 7) is 4.72. The number of hydrogen-bond acceptors (Lipinski definition) is 1. The predicted molar refractivity (Wildman–Crippen MR) is 200 cm³/mol. The molecule has 0 aliphatic heterocycles. The summed E-state index contributed by atoms with van der Waals surface area (Å²) in [7, 11) is 0. The number of nitrogens with zero attached hydrogens (tertiary/aromatic N) is 2. The Labute approximate surface area is 281 Å². The van der Waals surface area contributed by atoms with Crippen molar-refractivity contribution in [2.75, 3.05) is 0 Å². The summed E-state index contributed by atoms with van der Waals surface area (Å²) in [4.78, 5) is 5.35. The second-order valence-electron chi connectivity index (χ2n) is 13.2. The third-order valence-electron chi connectivity index (χ3n) is 10.0. The average Bonchev–Trinajstić information content (AvgIpc) is 3.47. The fraction of sp³-hybridized carbons (Fsp3) is 0.0652. The van der Waals surface area contributed by atoms with Gasteiger partial charge in [-0.2, -0.15) is 0 Å². The normalized spacial score (nSPS) is 13.0. The minimum atomic E-state index is -0.174. The molecule has 0 saturated heterocycles. The summed E-state index contributed by atoms with van der Waals surface area (Å²) in [6.07, 6.45) is 0. The van der Waals surface area contributed by atoms with Crippen molar-refractivity contribution in [1.29, 1.82) is 0 Å². The first kappa shape index (κ1) is 28.3. The molecule has 6 aromatic carbocycles. The van der Waals surface area contributed by atoms with Gasteiger partial charge < -0.3 is 4.57 Å². The van der Waals surface area contributed by atoms with Crippen LogP contribution >= 0.6 is 0 Å². The number of para-hydroxylation sites is 1. The van der Waals surface area contributed by atoms with Crippen LogP contribution in [0.15, 0.2) is 170 Å². The van der Waals surface area contributed by atoms with Crippen LogP contribution in [0.2, 0.25) is 0 Å². The topological polar surface area (TPSA) is 17.8 Å². The Kier molecular flexibility index (Phi) is 6.51. The fourth-order valence-corrected chi connectivity index (χ4v) is 7.75. The molecule has 0 amide bonds. The molecule has 0 fully saturated rings. The summed E-state index contributed by atoms with van der Waals surface area (Å²) in [6, 6.07) is 61.2. The second kappa shape index (κ2) is 11.1. The van der Waals surface area contributed by atoms with Crippen molar-refractivity contribution in [1.82, 2.24) is 9.55 Å². The third kappa shape index (κ3) is 4.37. The van der Waals surface area contributed by atoms with E-state index in [1.807, 2.05) is 6.07 Å². The molecule has 0 atom stereocenters. The number of hydrogen-bond donors (Lipinski definition) is 0. The molecule has 0 radical (unpaired) electrons. The van der Waals surface area contributed by atoms with E-state index in [4.69, 9.17) is 4.98 Å². The first-order valence-electron chi connectivity index (χ1n) is 16.7. The molecule has 1 aliphatic carbocycles. The Hall–Kier alpha value is -5.99. The lowest BCUT2D eigenvalue weighted by Gasteiger charge is -2.28. The zero-order valence-electron chi connectivity index (χ0n) is 27.1. The van der Waals surface area contributed by atoms with Crippen LogP contribution < -0.4 is 0 Å². The van der Waals surface area contributed by atoms with Gasteiger partial charge in [-0.1, -0.05) is 159 Å². The Morgan fingerprint density at radius 3 is 1.85 bits per heavy atom. The molecular weight excluding hydrogens is 581 g/mol. The molecule has 0 unspecified atom stereocenters. The van der Waals surface area contributed by atoms with Crippen molar-refractivity contribution >= 4 is 10.9 Å². The van der Waals surface area contributed by atoms with Crippen LogP contribution in [0.3, 0.4) is 0 Å². The van der Waals surface area contributed by atoms with Crippen molar-refractivity contribution < 1.29 is 0 Å². The third-order valence-corrected chi connectivity index (χ3v) is 10.0. The van der Waals surface area contributed by atoms with Gasteiger partial charge >= 0.3 is 0 Å². The van der Waals surface area contributed by atoms with E-state index in [9.17, 15) is 0 Å². The van der Waals surface area contributed by atoms with Crippen molar-refractivity contribution in [3.05, 3.63) is 181 Å². The quantitative estimate of drug-likeness (QED) is 0.193. The number of benzene rings is 6. The van der Waals surface area contributed by atoms with E-state index in [2.05, 4.69) is 182 Å². The van der Waals surface area contributed by atoms with Crippen LogP contribution in [-0.2, 0) is 5.41 Å². The first-order valence-corrected chi connectivity index (χ1v) is 16.7. The summed E-state index contributed by atoms with van der Waals surface area (Å²) in [5.41, 5.74) is 16.3. The van der Waals surface area contributed by atoms with Gasteiger partial charge in [0.1, 0.15) is 0 Å². The Morgan fingerprint density at radius 1 is 0.479 bits per heavy atom. The Bertz CT molecular complexity index is 2470. The molecule has 0 spiro atoms. The van der Waals surface area contributed by atoms with Gasteiger partial charge in [-0.25, -0.2) is 4.98 Å². The number of aromatic nitrogens is 2. The molecule has 2 aromatic heterocycles. The minimum absolute atomic E-state index is 0.174. The lowest BCUT2D eigenvalue weighted by molar-refractivity contribution is 0.646. The molecule has 9 rings (SSSR count). The van der Waals surface area contributed by atoms with E-state index in [1.165, 1.54) is 44.4 Å². The maximum atomic E-state index is 5.35.